The fourth-order valence-electron chi connectivity index (χ4n) is 5.21. The van der Waals surface area contributed by atoms with Gasteiger partial charge in [0.2, 0.25) is 5.88 Å². The van der Waals surface area contributed by atoms with Gasteiger partial charge in [0, 0.05) is 19.0 Å². The molecule has 226 valence electrons. The molecule has 0 bridgehead atoms. The summed E-state index contributed by atoms with van der Waals surface area (Å²) in [6.45, 7) is 2.34. The van der Waals surface area contributed by atoms with Crippen LogP contribution in [-0.4, -0.2) is 61.7 Å². The van der Waals surface area contributed by atoms with E-state index in [9.17, 15) is 13.2 Å². The number of halogens is 2. The van der Waals surface area contributed by atoms with Crippen molar-refractivity contribution in [1.82, 2.24) is 34.5 Å². The van der Waals surface area contributed by atoms with E-state index >= 15 is 8.78 Å². The summed E-state index contributed by atoms with van der Waals surface area (Å²) in [5.74, 6) is -3.30. The highest BCUT2D eigenvalue weighted by molar-refractivity contribution is 7.91. The van der Waals surface area contributed by atoms with Crippen molar-refractivity contribution < 1.29 is 21.9 Å². The number of alkyl halides is 2. The first kappa shape index (κ1) is 29.0. The minimum atomic E-state index is -3.43. The molecule has 4 aromatic rings. The van der Waals surface area contributed by atoms with Crippen molar-refractivity contribution in [1.29, 1.82) is 0 Å². The van der Waals surface area contributed by atoms with Crippen LogP contribution < -0.4 is 15.6 Å². The van der Waals surface area contributed by atoms with Crippen molar-refractivity contribution in [2.24, 2.45) is 5.92 Å². The van der Waals surface area contributed by atoms with E-state index in [4.69, 9.17) is 4.74 Å². The molecule has 0 saturated heterocycles. The zero-order valence-electron chi connectivity index (χ0n) is 23.8. The van der Waals surface area contributed by atoms with E-state index in [1.165, 1.54) is 38.0 Å². The molecule has 0 aromatic carbocycles. The van der Waals surface area contributed by atoms with Crippen LogP contribution in [0.15, 0.2) is 40.5 Å². The zero-order chi connectivity index (χ0) is 30.5. The minimum Gasteiger partial charge on any atom is -0.480 e. The van der Waals surface area contributed by atoms with Gasteiger partial charge in [-0.15, -0.1) is 0 Å². The van der Waals surface area contributed by atoms with Crippen LogP contribution in [0.4, 0.5) is 14.6 Å². The number of hydrogen-bond acceptors (Lipinski definition) is 11. The van der Waals surface area contributed by atoms with E-state index in [-0.39, 0.29) is 51.8 Å². The van der Waals surface area contributed by atoms with Crippen LogP contribution >= 0.6 is 0 Å². The summed E-state index contributed by atoms with van der Waals surface area (Å²) >= 11 is 0. The lowest BCUT2D eigenvalue weighted by Gasteiger charge is -2.27. The third-order valence-corrected chi connectivity index (χ3v) is 9.41. The van der Waals surface area contributed by atoms with Crippen LogP contribution in [-0.2, 0) is 16.4 Å². The second kappa shape index (κ2) is 10.8. The predicted molar refractivity (Wildman–Crippen MR) is 153 cm³/mol. The highest BCUT2D eigenvalue weighted by Crippen LogP contribution is 2.48. The van der Waals surface area contributed by atoms with Crippen LogP contribution in [0.1, 0.15) is 62.9 Å². The number of nitrogens with one attached hydrogen (secondary N) is 1. The van der Waals surface area contributed by atoms with E-state index in [2.05, 4.69) is 35.2 Å². The number of aromatic nitrogens is 7. The van der Waals surface area contributed by atoms with Crippen LogP contribution in [0.2, 0.25) is 0 Å². The van der Waals surface area contributed by atoms with Gasteiger partial charge in [0.25, 0.3) is 11.5 Å². The maximum absolute atomic E-state index is 15.2. The number of anilines is 1. The Hall–Kier alpha value is -4.14. The molecule has 4 aromatic heterocycles. The average Bonchev–Trinajstić information content (AvgIpc) is 3.91. The van der Waals surface area contributed by atoms with E-state index in [1.54, 1.807) is 6.92 Å². The molecular weight excluding hydrogens is 582 g/mol. The number of pyridine rings is 1. The first-order chi connectivity index (χ1) is 20.5. The Morgan fingerprint density at radius 2 is 1.86 bits per heavy atom. The summed E-state index contributed by atoms with van der Waals surface area (Å²) in [6.07, 6.45) is 7.00. The van der Waals surface area contributed by atoms with Gasteiger partial charge in [-0.05, 0) is 43.7 Å². The molecule has 43 heavy (non-hydrogen) atoms. The first-order valence-electron chi connectivity index (χ1n) is 14.0. The van der Waals surface area contributed by atoms with Crippen molar-refractivity contribution in [3.05, 3.63) is 52.6 Å². The molecule has 12 nitrogen and oxygen atoms in total. The second-order valence-corrected chi connectivity index (χ2v) is 13.2. The van der Waals surface area contributed by atoms with E-state index in [0.717, 1.165) is 24.3 Å². The average molecular weight is 613 g/mol. The maximum Gasteiger partial charge on any atom is 0.295 e. The van der Waals surface area contributed by atoms with Gasteiger partial charge in [-0.3, -0.25) is 14.3 Å². The molecule has 0 radical (unpaired) electrons. The lowest BCUT2D eigenvalue weighted by molar-refractivity contribution is -0.0410. The third-order valence-electron chi connectivity index (χ3n) is 7.69. The predicted octanol–water partition coefficient (Wildman–Crippen LogP) is 3.94. The van der Waals surface area contributed by atoms with Crippen LogP contribution in [0.25, 0.3) is 22.6 Å². The van der Waals surface area contributed by atoms with E-state index in [0.29, 0.717) is 29.8 Å². The van der Waals surface area contributed by atoms with Gasteiger partial charge < -0.3 is 10.1 Å². The highest BCUT2D eigenvalue weighted by Gasteiger charge is 2.48. The quantitative estimate of drug-likeness (QED) is 0.262. The van der Waals surface area contributed by atoms with Crippen molar-refractivity contribution in [2.45, 2.75) is 68.9 Å². The van der Waals surface area contributed by atoms with Crippen LogP contribution in [0, 0.1) is 5.92 Å². The number of nitrogens with zero attached hydrogens (tertiary/aromatic N) is 7. The van der Waals surface area contributed by atoms with Crippen molar-refractivity contribution >= 4 is 26.8 Å². The summed E-state index contributed by atoms with van der Waals surface area (Å²) in [5, 5.41) is 2.90. The molecule has 6 rings (SSSR count). The summed E-state index contributed by atoms with van der Waals surface area (Å²) in [6, 6.07) is 1.50. The van der Waals surface area contributed by atoms with Crippen LogP contribution in [0.3, 0.4) is 0 Å². The summed E-state index contributed by atoms with van der Waals surface area (Å²) in [5.41, 5.74) is 0.940. The standard InChI is InChI=1S/C28H30F2N8O4S/c1-4-43(40,41)18-10-9-17(31-12-18)11-32-24-27(39)38(22(16-7-8-16)28(2,29)30)25-19(36-24)13-33-23(37-25)20-21(15-5-6-15)34-14-35-26(20)42-3/h9-10,12-16,22H,4-8,11H2,1-3H3,(H,32,36)/t22-/m1/s1. The Kier molecular flexibility index (Phi) is 7.30. The largest absolute Gasteiger partial charge is 0.480 e. The molecule has 4 heterocycles. The number of hydrogen-bond donors (Lipinski definition) is 1. The lowest BCUT2D eigenvalue weighted by Crippen LogP contribution is -2.38. The molecule has 2 aliphatic carbocycles. The molecule has 0 aliphatic heterocycles. The molecule has 2 saturated carbocycles. The number of ether oxygens (including phenoxy) is 1. The summed E-state index contributed by atoms with van der Waals surface area (Å²) in [7, 11) is -1.96. The minimum absolute atomic E-state index is 0.000938. The Labute approximate surface area is 245 Å². The number of fused-ring (bicyclic) bond motifs is 1. The van der Waals surface area contributed by atoms with Crippen molar-refractivity contribution in [3.8, 4) is 17.3 Å². The molecule has 1 atom stereocenters. The van der Waals surface area contributed by atoms with Gasteiger partial charge in [0.1, 0.15) is 23.4 Å². The Morgan fingerprint density at radius 3 is 2.47 bits per heavy atom. The first-order valence-corrected chi connectivity index (χ1v) is 15.6. The normalized spacial score (nSPS) is 16.3. The van der Waals surface area contributed by atoms with Gasteiger partial charge in [-0.25, -0.2) is 42.1 Å². The number of methoxy groups -OCH3 is 1. The molecule has 2 aliphatic rings. The smallest absolute Gasteiger partial charge is 0.295 e. The van der Waals surface area contributed by atoms with Gasteiger partial charge in [-0.2, -0.15) is 0 Å². The monoisotopic (exact) mass is 612 g/mol. The molecule has 0 amide bonds. The number of rotatable bonds is 11. The molecule has 15 heteroatoms. The fourth-order valence-corrected chi connectivity index (χ4v) is 6.03. The Balaban J connectivity index is 1.45. The molecule has 0 spiro atoms. The second-order valence-electron chi connectivity index (χ2n) is 10.9. The maximum atomic E-state index is 15.2. The Bertz CT molecular complexity index is 1850. The summed E-state index contributed by atoms with van der Waals surface area (Å²) < 4.78 is 61.1. The van der Waals surface area contributed by atoms with E-state index in [1.807, 2.05) is 0 Å². The van der Waals surface area contributed by atoms with E-state index < -0.39 is 33.3 Å². The van der Waals surface area contributed by atoms with Crippen molar-refractivity contribution in [3.63, 3.8) is 0 Å². The molecule has 2 fully saturated rings. The Morgan fingerprint density at radius 1 is 1.09 bits per heavy atom. The topological polar surface area (TPSA) is 155 Å². The van der Waals surface area contributed by atoms with Gasteiger partial charge >= 0.3 is 0 Å². The van der Waals surface area contributed by atoms with Crippen LogP contribution in [0.5, 0.6) is 5.88 Å². The zero-order valence-corrected chi connectivity index (χ0v) is 24.6. The molecular formula is C28H30F2N8O4S. The van der Waals surface area contributed by atoms with Crippen molar-refractivity contribution in [2.75, 3.05) is 18.2 Å². The summed E-state index contributed by atoms with van der Waals surface area (Å²) in [4.78, 5) is 40.3. The third kappa shape index (κ3) is 5.65. The fraction of sp³-hybridized carbons (Fsp3) is 0.464. The SMILES string of the molecule is CCS(=O)(=O)c1ccc(CNc2nc3cnc(-c4c(OC)ncnc4C4CC4)nc3n([C@H](C3CC3)C(C)(F)F)c2=O)nc1. The molecule has 0 unspecified atom stereocenters. The van der Waals surface area contributed by atoms with Gasteiger partial charge in [0.05, 0.1) is 41.9 Å². The number of sulfone groups is 1. The van der Waals surface area contributed by atoms with Gasteiger partial charge in [0.15, 0.2) is 27.1 Å². The van der Waals surface area contributed by atoms with Gasteiger partial charge in [-0.1, -0.05) is 6.92 Å². The molecule has 1 N–H and O–H groups in total. The lowest BCUT2D eigenvalue weighted by atomic mass is 10.1. The highest BCUT2D eigenvalue weighted by atomic mass is 32.2.